The van der Waals surface area contributed by atoms with Gasteiger partial charge in [0, 0.05) is 23.9 Å². The molecule has 1 heterocycles. The van der Waals surface area contributed by atoms with Crippen LogP contribution in [0, 0.1) is 11.3 Å². The van der Waals surface area contributed by atoms with Gasteiger partial charge in [0.15, 0.2) is 0 Å². The molecule has 0 spiro atoms. The van der Waals surface area contributed by atoms with Crippen molar-refractivity contribution in [3.05, 3.63) is 16.1 Å². The number of aromatic nitrogens is 1. The Kier molecular flexibility index (Phi) is 8.25. The Balaban J connectivity index is 2.75. The molecule has 0 bridgehead atoms. The Morgan fingerprint density at radius 3 is 2.31 bits per heavy atom. The van der Waals surface area contributed by atoms with E-state index in [9.17, 15) is 9.59 Å². The molecular weight excluding hydrogens is 346 g/mol. The van der Waals surface area contributed by atoms with Gasteiger partial charge in [-0.05, 0) is 45.4 Å². The van der Waals surface area contributed by atoms with Crippen molar-refractivity contribution >= 4 is 23.2 Å². The van der Waals surface area contributed by atoms with E-state index in [0.717, 1.165) is 11.4 Å². The zero-order chi connectivity index (χ0) is 20.1. The van der Waals surface area contributed by atoms with Crippen molar-refractivity contribution in [3.8, 4) is 0 Å². The van der Waals surface area contributed by atoms with E-state index in [1.54, 1.807) is 5.38 Å². The second kappa shape index (κ2) is 9.49. The zero-order valence-corrected chi connectivity index (χ0v) is 18.4. The molecule has 1 aromatic heterocycles. The number of hydrogen-bond acceptors (Lipinski definition) is 4. The molecule has 0 radical (unpaired) electrons. The van der Waals surface area contributed by atoms with Crippen LogP contribution in [0.4, 0.5) is 0 Å². The van der Waals surface area contributed by atoms with Crippen LogP contribution < -0.4 is 5.32 Å². The van der Waals surface area contributed by atoms with Crippen LogP contribution in [0.15, 0.2) is 5.38 Å². The minimum atomic E-state index is -0.163. The van der Waals surface area contributed by atoms with Crippen LogP contribution in [0.25, 0.3) is 0 Å². The van der Waals surface area contributed by atoms with Gasteiger partial charge in [-0.1, -0.05) is 27.7 Å². The number of nitrogens with one attached hydrogen (secondary N) is 1. The number of carbonyl (C=O) groups excluding carboxylic acids is 2. The van der Waals surface area contributed by atoms with E-state index >= 15 is 0 Å². The first kappa shape index (κ1) is 22.6. The number of thiazole rings is 1. The molecule has 0 aliphatic heterocycles. The van der Waals surface area contributed by atoms with Crippen molar-refractivity contribution in [2.45, 2.75) is 86.9 Å². The predicted molar refractivity (Wildman–Crippen MR) is 108 cm³/mol. The van der Waals surface area contributed by atoms with Crippen LogP contribution in [0.3, 0.4) is 0 Å². The van der Waals surface area contributed by atoms with E-state index in [2.05, 4.69) is 38.0 Å². The molecule has 0 aliphatic rings. The molecule has 148 valence electrons. The highest BCUT2D eigenvalue weighted by molar-refractivity contribution is 7.09. The van der Waals surface area contributed by atoms with Gasteiger partial charge in [-0.2, -0.15) is 0 Å². The van der Waals surface area contributed by atoms with E-state index in [-0.39, 0.29) is 29.3 Å². The van der Waals surface area contributed by atoms with Gasteiger partial charge in [0.25, 0.3) is 5.91 Å². The Labute approximate surface area is 162 Å². The lowest BCUT2D eigenvalue weighted by Crippen LogP contribution is -2.37. The lowest BCUT2D eigenvalue weighted by Gasteiger charge is -2.29. The monoisotopic (exact) mass is 381 g/mol. The number of nitrogens with zero attached hydrogens (tertiary/aromatic N) is 2. The standard InChI is InChI=1S/C20H35N3O2S/c1-13(2)21-19(25)16-12-26-17(22-16)11-23(14(3)4)18(24)9-15(5)10-20(6,7)8/h12-15H,9-11H2,1-8H3,(H,21,25)/t15-/m1/s1. The molecule has 26 heavy (non-hydrogen) atoms. The first-order valence-corrected chi connectivity index (χ1v) is 10.3. The normalized spacial score (nSPS) is 13.2. The molecule has 0 unspecified atom stereocenters. The summed E-state index contributed by atoms with van der Waals surface area (Å²) in [6, 6.07) is 0.173. The first-order valence-electron chi connectivity index (χ1n) is 9.43. The van der Waals surface area contributed by atoms with Gasteiger partial charge in [0.1, 0.15) is 10.7 Å². The molecule has 0 fully saturated rings. The summed E-state index contributed by atoms with van der Waals surface area (Å²) in [7, 11) is 0. The Bertz CT molecular complexity index is 602. The minimum Gasteiger partial charge on any atom is -0.349 e. The van der Waals surface area contributed by atoms with Crippen LogP contribution in [0.1, 0.15) is 83.7 Å². The maximum absolute atomic E-state index is 12.8. The van der Waals surface area contributed by atoms with Crippen molar-refractivity contribution in [2.24, 2.45) is 11.3 Å². The third-order valence-electron chi connectivity index (χ3n) is 3.94. The van der Waals surface area contributed by atoms with Gasteiger partial charge < -0.3 is 10.2 Å². The Morgan fingerprint density at radius 1 is 1.19 bits per heavy atom. The van der Waals surface area contributed by atoms with Crippen molar-refractivity contribution in [3.63, 3.8) is 0 Å². The third-order valence-corrected chi connectivity index (χ3v) is 4.77. The smallest absolute Gasteiger partial charge is 0.270 e. The van der Waals surface area contributed by atoms with E-state index < -0.39 is 0 Å². The van der Waals surface area contributed by atoms with E-state index in [0.29, 0.717) is 24.6 Å². The van der Waals surface area contributed by atoms with E-state index in [1.165, 1.54) is 11.3 Å². The van der Waals surface area contributed by atoms with Crippen molar-refractivity contribution in [1.82, 2.24) is 15.2 Å². The summed E-state index contributed by atoms with van der Waals surface area (Å²) in [5.74, 6) is 0.330. The molecule has 0 aliphatic carbocycles. The number of hydrogen-bond donors (Lipinski definition) is 1. The summed E-state index contributed by atoms with van der Waals surface area (Å²) in [6.45, 7) is 17.1. The number of rotatable bonds is 8. The molecule has 1 aromatic rings. The maximum atomic E-state index is 12.8. The molecule has 1 N–H and O–H groups in total. The van der Waals surface area contributed by atoms with Crippen LogP contribution >= 0.6 is 11.3 Å². The molecular formula is C20H35N3O2S. The third kappa shape index (κ3) is 7.85. The fourth-order valence-corrected chi connectivity index (χ4v) is 3.83. The SMILES string of the molecule is CC(C)NC(=O)c1csc(CN(C(=O)C[C@@H](C)CC(C)(C)C)C(C)C)n1. The predicted octanol–water partition coefficient (Wildman–Crippen LogP) is 4.48. The average Bonchev–Trinajstić information content (AvgIpc) is 2.89. The number of amides is 2. The molecule has 2 amide bonds. The summed E-state index contributed by atoms with van der Waals surface area (Å²) in [6.07, 6.45) is 1.56. The van der Waals surface area contributed by atoms with Gasteiger partial charge in [-0.25, -0.2) is 4.98 Å². The summed E-state index contributed by atoms with van der Waals surface area (Å²) >= 11 is 1.43. The van der Waals surface area contributed by atoms with Crippen LogP contribution in [-0.4, -0.2) is 33.8 Å². The quantitative estimate of drug-likeness (QED) is 0.722. The second-order valence-electron chi connectivity index (χ2n) is 8.94. The highest BCUT2D eigenvalue weighted by Crippen LogP contribution is 2.27. The van der Waals surface area contributed by atoms with Gasteiger partial charge in [0.05, 0.1) is 6.54 Å². The van der Waals surface area contributed by atoms with E-state index in [1.807, 2.05) is 32.6 Å². The topological polar surface area (TPSA) is 62.3 Å². The summed E-state index contributed by atoms with van der Waals surface area (Å²) in [5, 5.41) is 5.40. The lowest BCUT2D eigenvalue weighted by molar-refractivity contribution is -0.134. The molecule has 0 aromatic carbocycles. The fraction of sp³-hybridized carbons (Fsp3) is 0.750. The van der Waals surface area contributed by atoms with Crippen LogP contribution in [0.2, 0.25) is 0 Å². The second-order valence-corrected chi connectivity index (χ2v) is 9.89. The van der Waals surface area contributed by atoms with Crippen LogP contribution in [-0.2, 0) is 11.3 Å². The van der Waals surface area contributed by atoms with Gasteiger partial charge in [-0.3, -0.25) is 9.59 Å². The van der Waals surface area contributed by atoms with Gasteiger partial charge >= 0.3 is 0 Å². The van der Waals surface area contributed by atoms with Crippen molar-refractivity contribution < 1.29 is 9.59 Å². The Hall–Kier alpha value is -1.43. The lowest BCUT2D eigenvalue weighted by atomic mass is 9.84. The van der Waals surface area contributed by atoms with Gasteiger partial charge in [-0.15, -0.1) is 11.3 Å². The average molecular weight is 382 g/mol. The zero-order valence-electron chi connectivity index (χ0n) is 17.5. The molecule has 5 nitrogen and oxygen atoms in total. The first-order chi connectivity index (χ1) is 11.9. The molecule has 6 heteroatoms. The molecule has 0 saturated heterocycles. The molecule has 1 atom stereocenters. The van der Waals surface area contributed by atoms with Crippen molar-refractivity contribution in [1.29, 1.82) is 0 Å². The fourth-order valence-electron chi connectivity index (χ4n) is 3.06. The summed E-state index contributed by atoms with van der Waals surface area (Å²) in [4.78, 5) is 31.1. The van der Waals surface area contributed by atoms with Gasteiger partial charge in [0.2, 0.25) is 5.91 Å². The number of carbonyl (C=O) groups is 2. The summed E-state index contributed by atoms with van der Waals surface area (Å²) in [5.41, 5.74) is 0.645. The largest absolute Gasteiger partial charge is 0.349 e. The minimum absolute atomic E-state index is 0.0747. The van der Waals surface area contributed by atoms with Crippen molar-refractivity contribution in [2.75, 3.05) is 0 Å². The Morgan fingerprint density at radius 2 is 1.81 bits per heavy atom. The van der Waals surface area contributed by atoms with Crippen LogP contribution in [0.5, 0.6) is 0 Å². The highest BCUT2D eigenvalue weighted by atomic mass is 32.1. The highest BCUT2D eigenvalue weighted by Gasteiger charge is 2.24. The molecule has 1 rings (SSSR count). The maximum Gasteiger partial charge on any atom is 0.270 e. The molecule has 0 saturated carbocycles. The van der Waals surface area contributed by atoms with E-state index in [4.69, 9.17) is 0 Å². The summed E-state index contributed by atoms with van der Waals surface area (Å²) < 4.78 is 0.